The first-order valence-electron chi connectivity index (χ1n) is 7.81. The summed E-state index contributed by atoms with van der Waals surface area (Å²) in [5.74, 6) is 0.0395. The first-order chi connectivity index (χ1) is 11.1. The average molecular weight is 304 g/mol. The van der Waals surface area contributed by atoms with E-state index < -0.39 is 0 Å². The molecule has 0 fully saturated rings. The molecule has 0 N–H and O–H groups in total. The summed E-state index contributed by atoms with van der Waals surface area (Å²) >= 11 is 0. The summed E-state index contributed by atoms with van der Waals surface area (Å²) in [6.07, 6.45) is 2.48. The zero-order valence-electron chi connectivity index (χ0n) is 13.4. The molecule has 0 bridgehead atoms. The first-order valence-corrected chi connectivity index (χ1v) is 7.81. The third-order valence-electron chi connectivity index (χ3n) is 3.98. The predicted molar refractivity (Wildman–Crippen MR) is 93.1 cm³/mol. The summed E-state index contributed by atoms with van der Waals surface area (Å²) in [6.45, 7) is 3.51. The van der Waals surface area contributed by atoms with E-state index in [-0.39, 0.29) is 11.8 Å². The molecule has 0 unspecified atom stereocenters. The van der Waals surface area contributed by atoms with Crippen LogP contribution in [0.25, 0.3) is 0 Å². The highest BCUT2D eigenvalue weighted by Crippen LogP contribution is 2.35. The van der Waals surface area contributed by atoms with E-state index in [0.29, 0.717) is 0 Å². The van der Waals surface area contributed by atoms with Crippen LogP contribution in [0.15, 0.2) is 77.5 Å². The molecule has 1 aliphatic heterocycles. The van der Waals surface area contributed by atoms with Gasteiger partial charge in [-0.2, -0.15) is 5.10 Å². The number of hydrogen-bond donors (Lipinski definition) is 0. The Labute approximate surface area is 136 Å². The first kappa shape index (κ1) is 15.2. The van der Waals surface area contributed by atoms with Crippen molar-refractivity contribution < 1.29 is 4.79 Å². The summed E-state index contributed by atoms with van der Waals surface area (Å²) in [6, 6.07) is 20.7. The maximum absolute atomic E-state index is 11.5. The van der Waals surface area contributed by atoms with Gasteiger partial charge in [0.2, 0.25) is 0 Å². The van der Waals surface area contributed by atoms with Crippen LogP contribution in [0.4, 0.5) is 0 Å². The van der Waals surface area contributed by atoms with E-state index in [2.05, 4.69) is 24.3 Å². The number of carbonyl (C=O) groups excluding carboxylic acids is 1. The monoisotopic (exact) mass is 304 g/mol. The fourth-order valence-electron chi connectivity index (χ4n) is 2.94. The van der Waals surface area contributed by atoms with E-state index in [9.17, 15) is 4.79 Å². The van der Waals surface area contributed by atoms with Gasteiger partial charge in [-0.3, -0.25) is 9.80 Å². The van der Waals surface area contributed by atoms with Gasteiger partial charge in [0.1, 0.15) is 0 Å². The average Bonchev–Trinajstić information content (AvgIpc) is 3.01. The quantitative estimate of drug-likeness (QED) is 0.788. The van der Waals surface area contributed by atoms with E-state index in [1.54, 1.807) is 13.0 Å². The summed E-state index contributed by atoms with van der Waals surface area (Å²) in [5, 5.41) is 6.77. The van der Waals surface area contributed by atoms with Gasteiger partial charge in [0.25, 0.3) is 0 Å². The summed E-state index contributed by atoms with van der Waals surface area (Å²) in [5.41, 5.74) is 4.26. The number of ketones is 1. The number of hydrogen-bond acceptors (Lipinski definition) is 3. The van der Waals surface area contributed by atoms with Crippen molar-refractivity contribution in [3.05, 3.63) is 83.6 Å². The smallest absolute Gasteiger partial charge is 0.154 e. The van der Waals surface area contributed by atoms with Gasteiger partial charge in [-0.15, -0.1) is 0 Å². The third-order valence-corrected chi connectivity index (χ3v) is 3.98. The second-order valence-corrected chi connectivity index (χ2v) is 5.78. The van der Waals surface area contributed by atoms with Crippen LogP contribution in [0.3, 0.4) is 0 Å². The molecule has 23 heavy (non-hydrogen) atoms. The van der Waals surface area contributed by atoms with Crippen LogP contribution in [0.2, 0.25) is 0 Å². The van der Waals surface area contributed by atoms with Gasteiger partial charge in [-0.25, -0.2) is 0 Å². The summed E-state index contributed by atoms with van der Waals surface area (Å²) in [7, 11) is 0. The van der Waals surface area contributed by atoms with Gasteiger partial charge in [-0.1, -0.05) is 60.7 Å². The normalized spacial score (nSPS) is 18.0. The van der Waals surface area contributed by atoms with Crippen molar-refractivity contribution in [2.45, 2.75) is 26.3 Å². The Morgan fingerprint density at radius 1 is 1.04 bits per heavy atom. The van der Waals surface area contributed by atoms with Crippen molar-refractivity contribution in [1.82, 2.24) is 5.01 Å². The number of hydrazone groups is 1. The van der Waals surface area contributed by atoms with Crippen molar-refractivity contribution >= 4 is 11.5 Å². The highest BCUT2D eigenvalue weighted by Gasteiger charge is 2.29. The number of rotatable bonds is 4. The molecule has 0 saturated heterocycles. The van der Waals surface area contributed by atoms with E-state index in [1.807, 2.05) is 48.3 Å². The van der Waals surface area contributed by atoms with E-state index in [0.717, 1.165) is 23.4 Å². The molecule has 0 aromatic heterocycles. The standard InChI is InChI=1S/C20H20N2O/c1-15(13-16(2)23)22-20(18-11-7-4-8-12-18)14-19(21-22)17-9-5-3-6-10-17/h3-13,20H,14H2,1-2H3/b15-13+/t20-/m0/s1. The fourth-order valence-corrected chi connectivity index (χ4v) is 2.94. The Bertz CT molecular complexity index is 748. The highest BCUT2D eigenvalue weighted by atomic mass is 16.1. The largest absolute Gasteiger partial charge is 0.295 e. The third kappa shape index (κ3) is 3.39. The lowest BCUT2D eigenvalue weighted by Crippen LogP contribution is -2.18. The molecule has 1 atom stereocenters. The van der Waals surface area contributed by atoms with Gasteiger partial charge in [0, 0.05) is 18.2 Å². The fraction of sp³-hybridized carbons (Fsp3) is 0.200. The van der Waals surface area contributed by atoms with Gasteiger partial charge in [0.15, 0.2) is 5.78 Å². The van der Waals surface area contributed by atoms with Crippen LogP contribution in [-0.4, -0.2) is 16.5 Å². The Hall–Kier alpha value is -2.68. The second kappa shape index (κ2) is 6.61. The molecule has 1 aliphatic rings. The van der Waals surface area contributed by atoms with E-state index in [1.165, 1.54) is 5.56 Å². The zero-order valence-corrected chi connectivity index (χ0v) is 13.4. The van der Waals surface area contributed by atoms with Gasteiger partial charge in [0.05, 0.1) is 11.8 Å². The molecule has 2 aromatic carbocycles. The van der Waals surface area contributed by atoms with Crippen LogP contribution in [0, 0.1) is 0 Å². The minimum absolute atomic E-state index is 0.0395. The van der Waals surface area contributed by atoms with Gasteiger partial charge < -0.3 is 0 Å². The van der Waals surface area contributed by atoms with Crippen LogP contribution < -0.4 is 0 Å². The number of benzene rings is 2. The van der Waals surface area contributed by atoms with Crippen LogP contribution in [-0.2, 0) is 4.79 Å². The highest BCUT2D eigenvalue weighted by molar-refractivity contribution is 6.02. The molecule has 3 rings (SSSR count). The van der Waals surface area contributed by atoms with E-state index in [4.69, 9.17) is 5.10 Å². The summed E-state index contributed by atoms with van der Waals surface area (Å²) in [4.78, 5) is 11.5. The molecule has 0 amide bonds. The lowest BCUT2D eigenvalue weighted by atomic mass is 9.98. The molecule has 0 saturated carbocycles. The molecule has 3 heteroatoms. The van der Waals surface area contributed by atoms with Crippen molar-refractivity contribution in [3.63, 3.8) is 0 Å². The molecular weight excluding hydrogens is 284 g/mol. The van der Waals surface area contributed by atoms with Crippen LogP contribution in [0.5, 0.6) is 0 Å². The number of carbonyl (C=O) groups is 1. The summed E-state index contributed by atoms with van der Waals surface area (Å²) < 4.78 is 0. The Balaban J connectivity index is 1.98. The second-order valence-electron chi connectivity index (χ2n) is 5.78. The Kier molecular flexibility index (Phi) is 4.38. The van der Waals surface area contributed by atoms with Crippen molar-refractivity contribution in [1.29, 1.82) is 0 Å². The molecule has 0 aliphatic carbocycles. The van der Waals surface area contributed by atoms with Crippen molar-refractivity contribution in [2.75, 3.05) is 0 Å². The predicted octanol–water partition coefficient (Wildman–Crippen LogP) is 4.33. The number of nitrogens with zero attached hydrogens (tertiary/aromatic N) is 2. The SMILES string of the molecule is CC(=O)/C=C(\C)N1N=C(c2ccccc2)C[C@H]1c1ccccc1. The Morgan fingerprint density at radius 3 is 2.26 bits per heavy atom. The molecule has 0 radical (unpaired) electrons. The van der Waals surface area contributed by atoms with Crippen molar-refractivity contribution in [3.8, 4) is 0 Å². The lowest BCUT2D eigenvalue weighted by Gasteiger charge is -2.24. The molecule has 0 spiro atoms. The molecule has 116 valence electrons. The van der Waals surface area contributed by atoms with Crippen molar-refractivity contribution in [2.24, 2.45) is 5.10 Å². The van der Waals surface area contributed by atoms with Gasteiger partial charge >= 0.3 is 0 Å². The molecular formula is C20H20N2O. The maximum atomic E-state index is 11.5. The minimum atomic E-state index is 0.0395. The molecule has 3 nitrogen and oxygen atoms in total. The molecule has 2 aromatic rings. The molecule has 1 heterocycles. The maximum Gasteiger partial charge on any atom is 0.154 e. The minimum Gasteiger partial charge on any atom is -0.295 e. The van der Waals surface area contributed by atoms with Crippen LogP contribution in [0.1, 0.15) is 37.4 Å². The Morgan fingerprint density at radius 2 is 1.65 bits per heavy atom. The van der Waals surface area contributed by atoms with Gasteiger partial charge in [-0.05, 0) is 25.0 Å². The lowest BCUT2D eigenvalue weighted by molar-refractivity contribution is -0.112. The zero-order chi connectivity index (χ0) is 16.2. The number of allylic oxidation sites excluding steroid dienone is 2. The topological polar surface area (TPSA) is 32.7 Å². The van der Waals surface area contributed by atoms with E-state index >= 15 is 0 Å². The van der Waals surface area contributed by atoms with Crippen LogP contribution >= 0.6 is 0 Å².